The average molecular weight is 276 g/mol. The molecule has 104 valence electrons. The zero-order valence-electron chi connectivity index (χ0n) is 11.0. The number of halogens is 2. The van der Waals surface area contributed by atoms with Crippen LogP contribution in [0.3, 0.4) is 0 Å². The van der Waals surface area contributed by atoms with Crippen molar-refractivity contribution in [1.29, 1.82) is 0 Å². The molecule has 0 radical (unpaired) electrons. The van der Waals surface area contributed by atoms with Crippen LogP contribution in [0.1, 0.15) is 22.8 Å². The molecule has 2 nitrogen and oxygen atoms in total. The van der Waals surface area contributed by atoms with Gasteiger partial charge in [0.1, 0.15) is 6.10 Å². The number of ketones is 1. The van der Waals surface area contributed by atoms with Gasteiger partial charge in [-0.15, -0.1) is 0 Å². The molecule has 1 atom stereocenters. The number of carbonyl (C=O) groups excluding carboxylic acids is 1. The van der Waals surface area contributed by atoms with Crippen molar-refractivity contribution in [2.45, 2.75) is 19.6 Å². The van der Waals surface area contributed by atoms with Crippen molar-refractivity contribution in [3.63, 3.8) is 0 Å². The average Bonchev–Trinajstić information content (AvgIpc) is 2.48. The van der Waals surface area contributed by atoms with Crippen LogP contribution in [-0.2, 0) is 11.3 Å². The Morgan fingerprint density at radius 3 is 2.45 bits per heavy atom. The first kappa shape index (κ1) is 14.3. The van der Waals surface area contributed by atoms with E-state index in [0.717, 1.165) is 17.7 Å². The van der Waals surface area contributed by atoms with E-state index >= 15 is 0 Å². The van der Waals surface area contributed by atoms with Gasteiger partial charge in [-0.3, -0.25) is 4.79 Å². The molecular weight excluding hydrogens is 262 g/mol. The number of Topliss-reactive ketones (excluding diaryl/α,β-unsaturated/α-hetero) is 1. The minimum absolute atomic E-state index is 0.101. The van der Waals surface area contributed by atoms with Crippen LogP contribution in [0.2, 0.25) is 0 Å². The highest BCUT2D eigenvalue weighted by Crippen LogP contribution is 2.13. The third-order valence-electron chi connectivity index (χ3n) is 2.92. The Kier molecular flexibility index (Phi) is 4.58. The maximum atomic E-state index is 13.1. The predicted octanol–water partition coefficient (Wildman–Crippen LogP) is 3.75. The first-order valence-corrected chi connectivity index (χ1v) is 6.22. The van der Waals surface area contributed by atoms with Crippen molar-refractivity contribution in [2.24, 2.45) is 0 Å². The van der Waals surface area contributed by atoms with E-state index in [2.05, 4.69) is 0 Å². The second kappa shape index (κ2) is 6.39. The molecule has 0 amide bonds. The molecule has 20 heavy (non-hydrogen) atoms. The lowest BCUT2D eigenvalue weighted by Gasteiger charge is -2.12. The summed E-state index contributed by atoms with van der Waals surface area (Å²) in [4.78, 5) is 12.0. The fraction of sp³-hybridized carbons (Fsp3) is 0.188. The molecule has 0 aliphatic heterocycles. The van der Waals surface area contributed by atoms with Gasteiger partial charge in [0.15, 0.2) is 17.4 Å². The van der Waals surface area contributed by atoms with Gasteiger partial charge in [-0.25, -0.2) is 8.78 Å². The molecule has 0 saturated heterocycles. The quantitative estimate of drug-likeness (QED) is 0.777. The van der Waals surface area contributed by atoms with Crippen molar-refractivity contribution in [3.8, 4) is 0 Å². The molecule has 2 aromatic rings. The maximum Gasteiger partial charge on any atom is 0.191 e. The highest BCUT2D eigenvalue weighted by Gasteiger charge is 2.17. The van der Waals surface area contributed by atoms with Crippen LogP contribution in [-0.4, -0.2) is 11.9 Å². The van der Waals surface area contributed by atoms with Crippen LogP contribution >= 0.6 is 0 Å². The standard InChI is InChI=1S/C16H14F2O2/c1-11(20-10-12-5-3-2-4-6-12)16(19)13-7-8-14(17)15(18)9-13/h2-9,11H,10H2,1H3. The van der Waals surface area contributed by atoms with Gasteiger partial charge in [-0.1, -0.05) is 30.3 Å². The number of benzene rings is 2. The largest absolute Gasteiger partial charge is 0.366 e. The Labute approximate surface area is 116 Å². The number of carbonyl (C=O) groups is 1. The van der Waals surface area contributed by atoms with E-state index in [1.165, 1.54) is 6.07 Å². The molecule has 0 aliphatic rings. The molecule has 0 heterocycles. The van der Waals surface area contributed by atoms with Crippen LogP contribution in [0.4, 0.5) is 8.78 Å². The minimum Gasteiger partial charge on any atom is -0.366 e. The molecule has 0 fully saturated rings. The van der Waals surface area contributed by atoms with Crippen LogP contribution in [0.15, 0.2) is 48.5 Å². The van der Waals surface area contributed by atoms with E-state index < -0.39 is 17.7 Å². The first-order valence-electron chi connectivity index (χ1n) is 6.22. The highest BCUT2D eigenvalue weighted by molar-refractivity contribution is 5.99. The summed E-state index contributed by atoms with van der Waals surface area (Å²) in [6.07, 6.45) is -0.722. The monoisotopic (exact) mass is 276 g/mol. The van der Waals surface area contributed by atoms with Gasteiger partial charge >= 0.3 is 0 Å². The highest BCUT2D eigenvalue weighted by atomic mass is 19.2. The number of hydrogen-bond donors (Lipinski definition) is 0. The SMILES string of the molecule is CC(OCc1ccccc1)C(=O)c1ccc(F)c(F)c1. The fourth-order valence-electron chi connectivity index (χ4n) is 1.76. The van der Waals surface area contributed by atoms with Gasteiger partial charge in [0.05, 0.1) is 6.61 Å². The van der Waals surface area contributed by atoms with Gasteiger partial charge in [0, 0.05) is 5.56 Å². The summed E-state index contributed by atoms with van der Waals surface area (Å²) in [5.74, 6) is -2.38. The number of rotatable bonds is 5. The lowest BCUT2D eigenvalue weighted by molar-refractivity contribution is 0.0412. The van der Waals surface area contributed by atoms with Gasteiger partial charge in [0.2, 0.25) is 0 Å². The van der Waals surface area contributed by atoms with Crippen molar-refractivity contribution >= 4 is 5.78 Å². The Morgan fingerprint density at radius 1 is 1.10 bits per heavy atom. The number of hydrogen-bond acceptors (Lipinski definition) is 2. The molecular formula is C16H14F2O2. The lowest BCUT2D eigenvalue weighted by Crippen LogP contribution is -2.21. The van der Waals surface area contributed by atoms with Gasteiger partial charge in [-0.2, -0.15) is 0 Å². The zero-order valence-corrected chi connectivity index (χ0v) is 11.0. The smallest absolute Gasteiger partial charge is 0.191 e. The second-order valence-electron chi connectivity index (χ2n) is 4.43. The summed E-state index contributed by atoms with van der Waals surface area (Å²) in [5, 5.41) is 0. The third-order valence-corrected chi connectivity index (χ3v) is 2.92. The summed E-state index contributed by atoms with van der Waals surface area (Å²) in [6.45, 7) is 1.88. The van der Waals surface area contributed by atoms with E-state index in [9.17, 15) is 13.6 Å². The Morgan fingerprint density at radius 2 is 1.80 bits per heavy atom. The summed E-state index contributed by atoms with van der Waals surface area (Å²) >= 11 is 0. The Balaban J connectivity index is 1.99. The van der Waals surface area contributed by atoms with Crippen LogP contribution < -0.4 is 0 Å². The van der Waals surface area contributed by atoms with Gasteiger partial charge in [0.25, 0.3) is 0 Å². The molecule has 0 aromatic heterocycles. The molecule has 0 aliphatic carbocycles. The van der Waals surface area contributed by atoms with Crippen molar-refractivity contribution in [1.82, 2.24) is 0 Å². The van der Waals surface area contributed by atoms with Crippen LogP contribution in [0, 0.1) is 11.6 Å². The zero-order chi connectivity index (χ0) is 14.5. The predicted molar refractivity (Wildman–Crippen MR) is 71.4 cm³/mol. The fourth-order valence-corrected chi connectivity index (χ4v) is 1.76. The van der Waals surface area contributed by atoms with E-state index in [1.54, 1.807) is 6.92 Å². The minimum atomic E-state index is -1.04. The van der Waals surface area contributed by atoms with Crippen molar-refractivity contribution < 1.29 is 18.3 Å². The van der Waals surface area contributed by atoms with Crippen molar-refractivity contribution in [3.05, 3.63) is 71.3 Å². The molecule has 0 bridgehead atoms. The molecule has 0 N–H and O–H groups in total. The topological polar surface area (TPSA) is 26.3 Å². The summed E-state index contributed by atoms with van der Waals surface area (Å²) in [7, 11) is 0. The molecule has 2 aromatic carbocycles. The van der Waals surface area contributed by atoms with E-state index in [0.29, 0.717) is 0 Å². The third kappa shape index (κ3) is 3.48. The Bertz CT molecular complexity index is 597. The van der Waals surface area contributed by atoms with Crippen LogP contribution in [0.25, 0.3) is 0 Å². The van der Waals surface area contributed by atoms with Gasteiger partial charge < -0.3 is 4.74 Å². The van der Waals surface area contributed by atoms with Gasteiger partial charge in [-0.05, 0) is 30.7 Å². The summed E-state index contributed by atoms with van der Waals surface area (Å²) < 4.78 is 31.3. The lowest BCUT2D eigenvalue weighted by atomic mass is 10.1. The number of ether oxygens (including phenoxy) is 1. The van der Waals surface area contributed by atoms with E-state index in [1.807, 2.05) is 30.3 Å². The first-order chi connectivity index (χ1) is 9.58. The maximum absolute atomic E-state index is 13.1. The Hall–Kier alpha value is -2.07. The normalized spacial score (nSPS) is 12.2. The molecule has 1 unspecified atom stereocenters. The summed E-state index contributed by atoms with van der Waals surface area (Å²) in [5.41, 5.74) is 1.04. The molecule has 0 saturated carbocycles. The molecule has 2 rings (SSSR count). The van der Waals surface area contributed by atoms with Crippen molar-refractivity contribution in [2.75, 3.05) is 0 Å². The van der Waals surface area contributed by atoms with E-state index in [-0.39, 0.29) is 18.0 Å². The molecule has 4 heteroatoms. The summed E-state index contributed by atoms with van der Waals surface area (Å²) in [6, 6.07) is 12.5. The van der Waals surface area contributed by atoms with E-state index in [4.69, 9.17) is 4.74 Å². The van der Waals surface area contributed by atoms with Crippen LogP contribution in [0.5, 0.6) is 0 Å². The molecule has 0 spiro atoms. The second-order valence-corrected chi connectivity index (χ2v) is 4.43.